The van der Waals surface area contributed by atoms with Crippen LogP contribution in [0.3, 0.4) is 0 Å². The van der Waals surface area contributed by atoms with Crippen LogP contribution in [0, 0.1) is 11.6 Å². The van der Waals surface area contributed by atoms with E-state index in [4.69, 9.17) is 0 Å². The van der Waals surface area contributed by atoms with E-state index in [1.54, 1.807) is 24.3 Å². The number of halogens is 2. The monoisotopic (exact) mass is 432 g/mol. The highest BCUT2D eigenvalue weighted by atomic mass is 32.2. The average molecular weight is 432 g/mol. The summed E-state index contributed by atoms with van der Waals surface area (Å²) in [6.45, 7) is 0.720. The maximum absolute atomic E-state index is 13.2. The van der Waals surface area contributed by atoms with Gasteiger partial charge in [-0.3, -0.25) is 9.52 Å². The first-order valence-corrected chi connectivity index (χ1v) is 10.3. The van der Waals surface area contributed by atoms with E-state index in [1.165, 1.54) is 12.1 Å². The molecule has 0 unspecified atom stereocenters. The molecule has 0 aliphatic rings. The van der Waals surface area contributed by atoms with Crippen molar-refractivity contribution in [3.63, 3.8) is 0 Å². The second kappa shape index (κ2) is 9.31. The van der Waals surface area contributed by atoms with Gasteiger partial charge in [-0.1, -0.05) is 18.2 Å². The van der Waals surface area contributed by atoms with Crippen molar-refractivity contribution in [2.45, 2.75) is 4.90 Å². The molecule has 0 saturated heterocycles. The third-order valence-electron chi connectivity index (χ3n) is 3.97. The molecule has 0 aliphatic carbocycles. The van der Waals surface area contributed by atoms with Crippen molar-refractivity contribution in [3.8, 4) is 0 Å². The number of hydrogen-bond acceptors (Lipinski definition) is 5. The summed E-state index contributed by atoms with van der Waals surface area (Å²) in [6, 6.07) is 14.2. The minimum Gasteiger partial charge on any atom is -0.368 e. The molecule has 0 bridgehead atoms. The van der Waals surface area contributed by atoms with Crippen molar-refractivity contribution in [2.75, 3.05) is 23.1 Å². The van der Waals surface area contributed by atoms with Gasteiger partial charge in [0, 0.05) is 30.9 Å². The van der Waals surface area contributed by atoms with Crippen molar-refractivity contribution in [2.24, 2.45) is 0 Å². The molecule has 0 spiro atoms. The molecule has 3 rings (SSSR count). The zero-order valence-electron chi connectivity index (χ0n) is 15.6. The lowest BCUT2D eigenvalue weighted by Gasteiger charge is -2.10. The fourth-order valence-electron chi connectivity index (χ4n) is 2.48. The number of nitrogens with one attached hydrogen (secondary N) is 3. The summed E-state index contributed by atoms with van der Waals surface area (Å²) in [5.74, 6) is -2.02. The Morgan fingerprint density at radius 2 is 1.70 bits per heavy atom. The van der Waals surface area contributed by atoms with Crippen LogP contribution >= 0.6 is 0 Å². The zero-order valence-corrected chi connectivity index (χ0v) is 16.4. The van der Waals surface area contributed by atoms with E-state index in [-0.39, 0.29) is 16.5 Å². The summed E-state index contributed by atoms with van der Waals surface area (Å²) in [7, 11) is -4.01. The molecule has 0 aliphatic heterocycles. The highest BCUT2D eigenvalue weighted by Crippen LogP contribution is 2.18. The number of nitrogens with zero attached hydrogens (tertiary/aromatic N) is 1. The molecule has 3 N–H and O–H groups in total. The van der Waals surface area contributed by atoms with Crippen LogP contribution in [0.2, 0.25) is 0 Å². The van der Waals surface area contributed by atoms with Crippen molar-refractivity contribution >= 4 is 27.4 Å². The van der Waals surface area contributed by atoms with Crippen LogP contribution in [0.25, 0.3) is 0 Å². The molecular formula is C20H18F2N4O3S. The Hall–Kier alpha value is -3.53. The second-order valence-electron chi connectivity index (χ2n) is 6.16. The maximum atomic E-state index is 13.2. The van der Waals surface area contributed by atoms with E-state index in [0.717, 1.165) is 24.4 Å². The van der Waals surface area contributed by atoms with Crippen LogP contribution < -0.4 is 15.4 Å². The number of hydrogen-bond donors (Lipinski definition) is 3. The molecule has 2 aromatic carbocycles. The van der Waals surface area contributed by atoms with E-state index >= 15 is 0 Å². The van der Waals surface area contributed by atoms with Crippen LogP contribution in [-0.4, -0.2) is 32.4 Å². The summed E-state index contributed by atoms with van der Waals surface area (Å²) < 4.78 is 53.1. The maximum Gasteiger partial charge on any atom is 0.263 e. The van der Waals surface area contributed by atoms with Crippen molar-refractivity contribution in [3.05, 3.63) is 84.1 Å². The number of carbonyl (C=O) groups is 1. The fourth-order valence-corrected chi connectivity index (χ4v) is 3.47. The SMILES string of the molecule is O=C(NCCNc1ccc(S(=O)(=O)Nc2ccc(F)c(F)c2)cn1)c1ccccc1. The number of pyridine rings is 1. The molecule has 7 nitrogen and oxygen atoms in total. The van der Waals surface area contributed by atoms with Gasteiger partial charge in [-0.25, -0.2) is 22.2 Å². The molecule has 1 heterocycles. The van der Waals surface area contributed by atoms with Crippen LogP contribution in [0.5, 0.6) is 0 Å². The van der Waals surface area contributed by atoms with Crippen LogP contribution in [0.1, 0.15) is 10.4 Å². The van der Waals surface area contributed by atoms with Gasteiger partial charge in [-0.2, -0.15) is 0 Å². The predicted molar refractivity (Wildman–Crippen MR) is 109 cm³/mol. The number of anilines is 2. The molecule has 3 aromatic rings. The van der Waals surface area contributed by atoms with Crippen molar-refractivity contribution in [1.82, 2.24) is 10.3 Å². The van der Waals surface area contributed by atoms with Gasteiger partial charge >= 0.3 is 0 Å². The zero-order chi connectivity index (χ0) is 21.6. The van der Waals surface area contributed by atoms with Gasteiger partial charge in [-0.05, 0) is 36.4 Å². The molecule has 30 heavy (non-hydrogen) atoms. The summed E-state index contributed by atoms with van der Waals surface area (Å²) in [5.41, 5.74) is 0.448. The Morgan fingerprint density at radius 3 is 2.37 bits per heavy atom. The summed E-state index contributed by atoms with van der Waals surface area (Å²) >= 11 is 0. The number of benzene rings is 2. The lowest BCUT2D eigenvalue weighted by molar-refractivity contribution is 0.0955. The topological polar surface area (TPSA) is 100 Å². The van der Waals surface area contributed by atoms with Crippen LogP contribution in [0.4, 0.5) is 20.3 Å². The average Bonchev–Trinajstić information content (AvgIpc) is 2.74. The highest BCUT2D eigenvalue weighted by Gasteiger charge is 2.16. The Balaban J connectivity index is 1.52. The van der Waals surface area contributed by atoms with E-state index in [0.29, 0.717) is 24.5 Å². The third kappa shape index (κ3) is 5.51. The summed E-state index contributed by atoms with van der Waals surface area (Å²) in [6.07, 6.45) is 1.13. The van der Waals surface area contributed by atoms with E-state index in [1.807, 2.05) is 6.07 Å². The number of aromatic nitrogens is 1. The molecule has 1 amide bonds. The van der Waals surface area contributed by atoms with Crippen molar-refractivity contribution < 1.29 is 22.0 Å². The van der Waals surface area contributed by atoms with Gasteiger partial charge in [0.05, 0.1) is 5.69 Å². The van der Waals surface area contributed by atoms with Crippen LogP contribution in [-0.2, 0) is 10.0 Å². The lowest BCUT2D eigenvalue weighted by Crippen LogP contribution is -2.28. The first-order valence-electron chi connectivity index (χ1n) is 8.86. The Bertz CT molecular complexity index is 1120. The minimum absolute atomic E-state index is 0.106. The van der Waals surface area contributed by atoms with Gasteiger partial charge in [0.2, 0.25) is 0 Å². The largest absolute Gasteiger partial charge is 0.368 e. The number of rotatable bonds is 8. The summed E-state index contributed by atoms with van der Waals surface area (Å²) in [4.78, 5) is 15.8. The van der Waals surface area contributed by atoms with Crippen LogP contribution in [0.15, 0.2) is 71.8 Å². The van der Waals surface area contributed by atoms with Gasteiger partial charge in [0.15, 0.2) is 11.6 Å². The third-order valence-corrected chi connectivity index (χ3v) is 5.34. The molecule has 0 fully saturated rings. The van der Waals surface area contributed by atoms with E-state index in [2.05, 4.69) is 20.3 Å². The summed E-state index contributed by atoms with van der Waals surface area (Å²) in [5, 5.41) is 5.71. The highest BCUT2D eigenvalue weighted by molar-refractivity contribution is 7.92. The Kier molecular flexibility index (Phi) is 6.58. The normalized spacial score (nSPS) is 11.0. The molecular weight excluding hydrogens is 414 g/mol. The number of amides is 1. The first kappa shape index (κ1) is 21.2. The van der Waals surface area contributed by atoms with E-state index < -0.39 is 21.7 Å². The second-order valence-corrected chi connectivity index (χ2v) is 7.84. The molecule has 0 saturated carbocycles. The Morgan fingerprint density at radius 1 is 0.933 bits per heavy atom. The molecule has 1 aromatic heterocycles. The number of sulfonamides is 1. The molecule has 0 atom stereocenters. The predicted octanol–water partition coefficient (Wildman–Crippen LogP) is 3.00. The fraction of sp³-hybridized carbons (Fsp3) is 0.100. The lowest BCUT2D eigenvalue weighted by atomic mass is 10.2. The van der Waals surface area contributed by atoms with Gasteiger partial charge in [0.25, 0.3) is 15.9 Å². The number of carbonyl (C=O) groups excluding carboxylic acids is 1. The quantitative estimate of drug-likeness (QED) is 0.475. The van der Waals surface area contributed by atoms with E-state index in [9.17, 15) is 22.0 Å². The van der Waals surface area contributed by atoms with Gasteiger partial charge < -0.3 is 10.6 Å². The van der Waals surface area contributed by atoms with Gasteiger partial charge in [0.1, 0.15) is 10.7 Å². The molecule has 0 radical (unpaired) electrons. The molecule has 156 valence electrons. The van der Waals surface area contributed by atoms with Gasteiger partial charge in [-0.15, -0.1) is 0 Å². The van der Waals surface area contributed by atoms with Crippen molar-refractivity contribution in [1.29, 1.82) is 0 Å². The standard InChI is InChI=1S/C20H18F2N4O3S/c21-17-8-6-15(12-18(17)22)26-30(28,29)16-7-9-19(25-13-16)23-10-11-24-20(27)14-4-2-1-3-5-14/h1-9,12-13,26H,10-11H2,(H,23,25)(H,24,27). The molecule has 10 heteroatoms. The smallest absolute Gasteiger partial charge is 0.263 e. The minimum atomic E-state index is -4.01. The first-order chi connectivity index (χ1) is 14.3. The Labute approximate surface area is 172 Å².